The summed E-state index contributed by atoms with van der Waals surface area (Å²) in [5.74, 6) is -0.00642. The van der Waals surface area contributed by atoms with Gasteiger partial charge in [-0.3, -0.25) is 9.59 Å². The van der Waals surface area contributed by atoms with Crippen LogP contribution in [0.1, 0.15) is 63.2 Å². The van der Waals surface area contributed by atoms with E-state index in [0.717, 1.165) is 24.0 Å². The Kier molecular flexibility index (Phi) is 7.26. The standard InChI is InChI=1S/C28H26N4O2/c1-2-6-26(33)23-13-14-25-24(18-31-32(25)19-23)28(34)27(22-7-4-3-5-8-22)30-16-15-20-9-11-21(17-29)12-10-20/h3-5,7-14,18-19,27,30H,2,6,15-16H2,1H3. The van der Waals surface area contributed by atoms with E-state index in [1.54, 1.807) is 41.2 Å². The molecule has 0 aliphatic heterocycles. The summed E-state index contributed by atoms with van der Waals surface area (Å²) in [4.78, 5) is 25.9. The molecule has 2 aromatic heterocycles. The number of aromatic nitrogens is 2. The predicted molar refractivity (Wildman–Crippen MR) is 131 cm³/mol. The minimum atomic E-state index is -0.533. The van der Waals surface area contributed by atoms with Crippen molar-refractivity contribution in [3.63, 3.8) is 0 Å². The number of Topliss-reactive ketones (excluding diaryl/α,β-unsaturated/α-hetero) is 2. The largest absolute Gasteiger partial charge is 0.303 e. The van der Waals surface area contributed by atoms with Gasteiger partial charge in [0.05, 0.1) is 35.0 Å². The Bertz CT molecular complexity index is 1330. The first-order valence-electron chi connectivity index (χ1n) is 11.4. The van der Waals surface area contributed by atoms with Gasteiger partial charge in [0.1, 0.15) is 0 Å². The number of nitrogens with one attached hydrogen (secondary N) is 1. The van der Waals surface area contributed by atoms with Crippen LogP contribution in [0.5, 0.6) is 0 Å². The van der Waals surface area contributed by atoms with Gasteiger partial charge in [-0.25, -0.2) is 4.52 Å². The average Bonchev–Trinajstić information content (AvgIpc) is 3.31. The second kappa shape index (κ2) is 10.7. The molecule has 0 saturated carbocycles. The molecule has 0 aliphatic carbocycles. The third-order valence-corrected chi connectivity index (χ3v) is 5.82. The van der Waals surface area contributed by atoms with E-state index in [0.29, 0.717) is 35.2 Å². The quantitative estimate of drug-likeness (QED) is 0.346. The lowest BCUT2D eigenvalue weighted by molar-refractivity contribution is 0.0943. The molecule has 0 spiro atoms. The van der Waals surface area contributed by atoms with Crippen molar-refractivity contribution < 1.29 is 9.59 Å². The summed E-state index contributed by atoms with van der Waals surface area (Å²) in [6.45, 7) is 2.56. The van der Waals surface area contributed by atoms with Gasteiger partial charge in [-0.05, 0) is 48.2 Å². The van der Waals surface area contributed by atoms with E-state index in [4.69, 9.17) is 5.26 Å². The van der Waals surface area contributed by atoms with Crippen molar-refractivity contribution in [2.75, 3.05) is 6.54 Å². The minimum Gasteiger partial charge on any atom is -0.303 e. The number of fused-ring (bicyclic) bond motifs is 1. The third kappa shape index (κ3) is 5.11. The number of hydrogen-bond donors (Lipinski definition) is 1. The molecule has 0 radical (unpaired) electrons. The molecule has 1 N–H and O–H groups in total. The number of pyridine rings is 1. The highest BCUT2D eigenvalue weighted by molar-refractivity contribution is 6.06. The van der Waals surface area contributed by atoms with Crippen LogP contribution in [0, 0.1) is 11.3 Å². The Morgan fingerprint density at radius 2 is 1.82 bits per heavy atom. The van der Waals surface area contributed by atoms with Crippen LogP contribution in [0.2, 0.25) is 0 Å². The summed E-state index contributed by atoms with van der Waals surface area (Å²) in [5.41, 5.74) is 4.37. The molecule has 0 aliphatic rings. The maximum atomic E-state index is 13.6. The lowest BCUT2D eigenvalue weighted by Gasteiger charge is -2.18. The Morgan fingerprint density at radius 1 is 1.06 bits per heavy atom. The maximum absolute atomic E-state index is 13.6. The van der Waals surface area contributed by atoms with Gasteiger partial charge >= 0.3 is 0 Å². The summed E-state index contributed by atoms with van der Waals surface area (Å²) >= 11 is 0. The molecule has 0 bridgehead atoms. The van der Waals surface area contributed by atoms with Crippen LogP contribution < -0.4 is 5.32 Å². The van der Waals surface area contributed by atoms with E-state index in [1.807, 2.05) is 49.4 Å². The molecule has 4 aromatic rings. The fourth-order valence-corrected chi connectivity index (χ4v) is 3.98. The van der Waals surface area contributed by atoms with Crippen LogP contribution in [0.15, 0.2) is 79.1 Å². The Labute approximate surface area is 198 Å². The molecule has 1 unspecified atom stereocenters. The molecule has 2 heterocycles. The zero-order valence-electron chi connectivity index (χ0n) is 19.1. The summed E-state index contributed by atoms with van der Waals surface area (Å²) in [6, 6.07) is 22.2. The topological polar surface area (TPSA) is 87.3 Å². The number of benzene rings is 2. The number of nitrogens with zero attached hydrogens (tertiary/aromatic N) is 3. The monoisotopic (exact) mass is 450 g/mol. The fourth-order valence-electron chi connectivity index (χ4n) is 3.98. The molecule has 34 heavy (non-hydrogen) atoms. The zero-order valence-corrected chi connectivity index (χ0v) is 19.1. The van der Waals surface area contributed by atoms with Crippen LogP contribution in [-0.4, -0.2) is 27.7 Å². The first-order chi connectivity index (χ1) is 16.6. The molecule has 6 heteroatoms. The first-order valence-corrected chi connectivity index (χ1v) is 11.4. The minimum absolute atomic E-state index is 0.0689. The average molecular weight is 451 g/mol. The Morgan fingerprint density at radius 3 is 2.53 bits per heavy atom. The fraction of sp³-hybridized carbons (Fsp3) is 0.214. The molecule has 2 aromatic carbocycles. The van der Waals surface area contributed by atoms with E-state index < -0.39 is 6.04 Å². The van der Waals surface area contributed by atoms with E-state index in [-0.39, 0.29) is 11.6 Å². The lowest BCUT2D eigenvalue weighted by Crippen LogP contribution is -2.30. The van der Waals surface area contributed by atoms with Gasteiger partial charge in [0.2, 0.25) is 0 Å². The van der Waals surface area contributed by atoms with Crippen LogP contribution >= 0.6 is 0 Å². The van der Waals surface area contributed by atoms with Crippen molar-refractivity contribution in [2.24, 2.45) is 0 Å². The summed E-state index contributed by atoms with van der Waals surface area (Å²) in [7, 11) is 0. The van der Waals surface area contributed by atoms with E-state index in [1.165, 1.54) is 0 Å². The molecule has 0 saturated heterocycles. The molecule has 0 fully saturated rings. The molecular weight excluding hydrogens is 424 g/mol. The second-order valence-corrected chi connectivity index (χ2v) is 8.20. The van der Waals surface area contributed by atoms with Gasteiger partial charge in [-0.1, -0.05) is 49.4 Å². The molecule has 0 amide bonds. The number of rotatable bonds is 10. The van der Waals surface area contributed by atoms with Crippen molar-refractivity contribution in [3.05, 3.63) is 107 Å². The molecule has 4 rings (SSSR count). The smallest absolute Gasteiger partial charge is 0.188 e. The number of ketones is 2. The maximum Gasteiger partial charge on any atom is 0.188 e. The second-order valence-electron chi connectivity index (χ2n) is 8.20. The normalized spacial score (nSPS) is 11.8. The van der Waals surface area contributed by atoms with Crippen molar-refractivity contribution in [3.8, 4) is 6.07 Å². The Balaban J connectivity index is 1.56. The van der Waals surface area contributed by atoms with Crippen LogP contribution in [0.25, 0.3) is 5.52 Å². The lowest BCUT2D eigenvalue weighted by atomic mass is 9.97. The SMILES string of the molecule is CCCC(=O)c1ccc2c(C(=O)C(NCCc3ccc(C#N)cc3)c3ccccc3)cnn2c1. The van der Waals surface area contributed by atoms with Crippen LogP contribution in [-0.2, 0) is 6.42 Å². The van der Waals surface area contributed by atoms with Gasteiger partial charge < -0.3 is 5.32 Å². The van der Waals surface area contributed by atoms with Crippen LogP contribution in [0.3, 0.4) is 0 Å². The number of hydrogen-bond acceptors (Lipinski definition) is 5. The summed E-state index contributed by atoms with van der Waals surface area (Å²) in [6.07, 6.45) is 5.26. The summed E-state index contributed by atoms with van der Waals surface area (Å²) < 4.78 is 1.61. The van der Waals surface area contributed by atoms with Gasteiger partial charge in [-0.15, -0.1) is 0 Å². The third-order valence-electron chi connectivity index (χ3n) is 5.82. The van der Waals surface area contributed by atoms with Crippen molar-refractivity contribution in [1.29, 1.82) is 5.26 Å². The highest BCUT2D eigenvalue weighted by atomic mass is 16.1. The molecule has 1 atom stereocenters. The highest BCUT2D eigenvalue weighted by Crippen LogP contribution is 2.22. The van der Waals surface area contributed by atoms with Gasteiger partial charge in [-0.2, -0.15) is 10.4 Å². The van der Waals surface area contributed by atoms with Crippen molar-refractivity contribution in [1.82, 2.24) is 14.9 Å². The molecule has 6 nitrogen and oxygen atoms in total. The highest BCUT2D eigenvalue weighted by Gasteiger charge is 2.24. The molecule has 170 valence electrons. The van der Waals surface area contributed by atoms with Crippen LogP contribution in [0.4, 0.5) is 0 Å². The summed E-state index contributed by atoms with van der Waals surface area (Å²) in [5, 5.41) is 16.7. The number of carbonyl (C=O) groups is 2. The van der Waals surface area contributed by atoms with E-state index >= 15 is 0 Å². The predicted octanol–water partition coefficient (Wildman–Crippen LogP) is 4.95. The van der Waals surface area contributed by atoms with Crippen molar-refractivity contribution >= 4 is 17.1 Å². The number of nitriles is 1. The van der Waals surface area contributed by atoms with Gasteiger partial charge in [0.25, 0.3) is 0 Å². The van der Waals surface area contributed by atoms with Crippen molar-refractivity contribution in [2.45, 2.75) is 32.2 Å². The van der Waals surface area contributed by atoms with E-state index in [2.05, 4.69) is 16.5 Å². The zero-order chi connectivity index (χ0) is 23.9. The Hall–Kier alpha value is -4.08. The first kappa shape index (κ1) is 23.1. The van der Waals surface area contributed by atoms with E-state index in [9.17, 15) is 9.59 Å². The van der Waals surface area contributed by atoms with Gasteiger partial charge in [0.15, 0.2) is 11.6 Å². The number of carbonyl (C=O) groups excluding carboxylic acids is 2. The van der Waals surface area contributed by atoms with Gasteiger partial charge in [0, 0.05) is 24.7 Å². The molecular formula is C28H26N4O2.